The first kappa shape index (κ1) is 25.0. The van der Waals surface area contributed by atoms with E-state index in [2.05, 4.69) is 9.47 Å². The van der Waals surface area contributed by atoms with Gasteiger partial charge in [0.2, 0.25) is 0 Å². The van der Waals surface area contributed by atoms with Crippen LogP contribution in [0, 0.1) is 6.92 Å². The number of alkyl halides is 6. The number of oxazole rings is 1. The van der Waals surface area contributed by atoms with Gasteiger partial charge in [0.05, 0.1) is 11.4 Å². The molecular formula is C22H16F6N2O6. The number of benzene rings is 2. The van der Waals surface area contributed by atoms with Gasteiger partial charge < -0.3 is 18.6 Å². The van der Waals surface area contributed by atoms with Crippen molar-refractivity contribution >= 4 is 11.8 Å². The minimum Gasteiger partial charge on any atom is -0.446 e. The van der Waals surface area contributed by atoms with E-state index in [1.165, 1.54) is 38.1 Å². The van der Waals surface area contributed by atoms with Gasteiger partial charge in [-0.15, -0.1) is 26.3 Å². The molecule has 1 fully saturated rings. The highest BCUT2D eigenvalue weighted by atomic mass is 19.4. The van der Waals surface area contributed by atoms with Crippen molar-refractivity contribution in [3.63, 3.8) is 0 Å². The molecule has 2 aromatic carbocycles. The van der Waals surface area contributed by atoms with E-state index in [0.717, 1.165) is 33.7 Å². The molecule has 1 saturated heterocycles. The number of carbonyl (C=O) groups excluding carboxylic acids is 1. The summed E-state index contributed by atoms with van der Waals surface area (Å²) in [4.78, 5) is 26.4. The van der Waals surface area contributed by atoms with Crippen LogP contribution < -0.4 is 20.1 Å². The van der Waals surface area contributed by atoms with Crippen LogP contribution in [0.1, 0.15) is 18.4 Å². The average molecular weight is 518 g/mol. The van der Waals surface area contributed by atoms with Crippen LogP contribution >= 0.6 is 0 Å². The lowest BCUT2D eigenvalue weighted by Crippen LogP contribution is -2.42. The first-order valence-electron chi connectivity index (χ1n) is 10.1. The number of halogens is 6. The molecular weight excluding hydrogens is 502 g/mol. The highest BCUT2D eigenvalue weighted by molar-refractivity contribution is 5.91. The van der Waals surface area contributed by atoms with Gasteiger partial charge in [-0.25, -0.2) is 14.2 Å². The normalized spacial score (nSPS) is 18.3. The van der Waals surface area contributed by atoms with E-state index < -0.39 is 41.6 Å². The first-order chi connectivity index (χ1) is 16.7. The van der Waals surface area contributed by atoms with Gasteiger partial charge in [-0.05, 0) is 62.4 Å². The Balaban J connectivity index is 1.69. The van der Waals surface area contributed by atoms with Gasteiger partial charge in [-0.1, -0.05) is 0 Å². The summed E-state index contributed by atoms with van der Waals surface area (Å²) >= 11 is 0. The molecule has 0 aliphatic carbocycles. The third-order valence-corrected chi connectivity index (χ3v) is 5.33. The monoisotopic (exact) mass is 518 g/mol. The molecule has 2 heterocycles. The molecule has 1 aliphatic heterocycles. The van der Waals surface area contributed by atoms with Crippen molar-refractivity contribution in [3.8, 4) is 17.2 Å². The molecule has 1 aromatic heterocycles. The number of carbonyl (C=O) groups is 1. The van der Waals surface area contributed by atoms with Gasteiger partial charge in [-0.3, -0.25) is 4.90 Å². The number of anilines is 1. The molecule has 192 valence electrons. The molecule has 36 heavy (non-hydrogen) atoms. The Morgan fingerprint density at radius 1 is 0.833 bits per heavy atom. The topological polar surface area (TPSA) is 83.1 Å². The standard InChI is InChI=1S/C22H16F6N2O6/c1-12-17(34-18(31)29(12)13-3-7-15(8-4-13)35-21(23,24)25)20(2)11-33-19(32)30(20)14-5-9-16(10-6-14)36-22(26,27)28/h3-10H,11H2,1-2H3. The fourth-order valence-electron chi connectivity index (χ4n) is 3.93. The fourth-order valence-corrected chi connectivity index (χ4v) is 3.93. The lowest BCUT2D eigenvalue weighted by molar-refractivity contribution is -0.275. The minimum atomic E-state index is -4.90. The van der Waals surface area contributed by atoms with Crippen LogP contribution in [0.15, 0.2) is 57.7 Å². The molecule has 1 aliphatic rings. The van der Waals surface area contributed by atoms with Crippen LogP contribution in [0.3, 0.4) is 0 Å². The second-order valence-electron chi connectivity index (χ2n) is 7.87. The van der Waals surface area contributed by atoms with Crippen LogP contribution in [0.2, 0.25) is 0 Å². The van der Waals surface area contributed by atoms with Gasteiger partial charge in [0, 0.05) is 5.69 Å². The smallest absolute Gasteiger partial charge is 0.446 e. The molecule has 1 atom stereocenters. The minimum absolute atomic E-state index is 0.00425. The third kappa shape index (κ3) is 4.83. The van der Waals surface area contributed by atoms with Crippen LogP contribution in [0.25, 0.3) is 5.69 Å². The summed E-state index contributed by atoms with van der Waals surface area (Å²) in [6.45, 7) is 2.75. The van der Waals surface area contributed by atoms with E-state index >= 15 is 0 Å². The lowest BCUT2D eigenvalue weighted by Gasteiger charge is -2.30. The van der Waals surface area contributed by atoms with Crippen LogP contribution in [0.4, 0.5) is 36.8 Å². The Bertz CT molecular complexity index is 1330. The maximum Gasteiger partial charge on any atom is 0.573 e. The number of rotatable bonds is 5. The summed E-state index contributed by atoms with van der Waals surface area (Å²) < 4.78 is 94.0. The summed E-state index contributed by atoms with van der Waals surface area (Å²) in [6, 6.07) is 8.88. The van der Waals surface area contributed by atoms with E-state index in [1.54, 1.807) is 0 Å². The average Bonchev–Trinajstić information content (AvgIpc) is 3.23. The summed E-state index contributed by atoms with van der Waals surface area (Å²) in [6.07, 6.45) is -10.6. The SMILES string of the molecule is Cc1c(C2(C)COC(=O)N2c2ccc(OC(F)(F)F)cc2)oc(=O)n1-c1ccc(OC(F)(F)F)cc1. The van der Waals surface area contributed by atoms with Crippen LogP contribution in [-0.2, 0) is 10.3 Å². The van der Waals surface area contributed by atoms with Gasteiger partial charge in [0.1, 0.15) is 23.6 Å². The number of cyclic esters (lactones) is 1. The zero-order valence-electron chi connectivity index (χ0n) is 18.4. The maximum atomic E-state index is 12.7. The molecule has 0 spiro atoms. The van der Waals surface area contributed by atoms with Crippen molar-refractivity contribution in [1.82, 2.24) is 4.57 Å². The summed E-state index contributed by atoms with van der Waals surface area (Å²) in [5.74, 6) is -1.88. The second-order valence-corrected chi connectivity index (χ2v) is 7.87. The van der Waals surface area contributed by atoms with Crippen LogP contribution in [0.5, 0.6) is 11.5 Å². The number of hydrogen-bond donors (Lipinski definition) is 0. The fraction of sp³-hybridized carbons (Fsp3) is 0.273. The van der Waals surface area contributed by atoms with E-state index in [-0.39, 0.29) is 29.4 Å². The largest absolute Gasteiger partial charge is 0.573 e. The predicted molar refractivity (Wildman–Crippen MR) is 110 cm³/mol. The molecule has 1 amide bonds. The molecule has 0 N–H and O–H groups in total. The lowest BCUT2D eigenvalue weighted by atomic mass is 9.96. The van der Waals surface area contributed by atoms with E-state index in [4.69, 9.17) is 9.15 Å². The Morgan fingerprint density at radius 3 is 1.78 bits per heavy atom. The molecule has 8 nitrogen and oxygen atoms in total. The second kappa shape index (κ2) is 8.53. The molecule has 0 saturated carbocycles. The van der Waals surface area contributed by atoms with Crippen LogP contribution in [-0.4, -0.2) is 30.0 Å². The zero-order chi connectivity index (χ0) is 26.5. The summed E-state index contributed by atoms with van der Waals surface area (Å²) in [5, 5.41) is 0. The van der Waals surface area contributed by atoms with Crippen molar-refractivity contribution in [3.05, 3.63) is 70.5 Å². The van der Waals surface area contributed by atoms with E-state index in [0.29, 0.717) is 0 Å². The van der Waals surface area contributed by atoms with Crippen molar-refractivity contribution in [2.24, 2.45) is 0 Å². The van der Waals surface area contributed by atoms with Gasteiger partial charge in [0.15, 0.2) is 5.76 Å². The first-order valence-corrected chi connectivity index (χ1v) is 10.1. The molecule has 0 radical (unpaired) electrons. The van der Waals surface area contributed by atoms with Crippen molar-refractivity contribution in [1.29, 1.82) is 0 Å². The number of ether oxygens (including phenoxy) is 3. The third-order valence-electron chi connectivity index (χ3n) is 5.33. The summed E-state index contributed by atoms with van der Waals surface area (Å²) in [5.41, 5.74) is -0.876. The quantitative estimate of drug-likeness (QED) is 0.421. The van der Waals surface area contributed by atoms with Crippen molar-refractivity contribution in [2.45, 2.75) is 32.1 Å². The molecule has 3 aromatic rings. The zero-order valence-corrected chi connectivity index (χ0v) is 18.4. The van der Waals surface area contributed by atoms with Crippen molar-refractivity contribution in [2.75, 3.05) is 11.5 Å². The number of amides is 1. The summed E-state index contributed by atoms with van der Waals surface area (Å²) in [7, 11) is 0. The molecule has 14 heteroatoms. The Hall–Kier alpha value is -4.10. The highest BCUT2D eigenvalue weighted by Gasteiger charge is 2.50. The number of nitrogens with zero attached hydrogens (tertiary/aromatic N) is 2. The number of hydrogen-bond acceptors (Lipinski definition) is 6. The van der Waals surface area contributed by atoms with Crippen molar-refractivity contribution < 1.29 is 49.8 Å². The maximum absolute atomic E-state index is 12.7. The molecule has 0 bridgehead atoms. The Kier molecular flexibility index (Phi) is 5.93. The molecule has 4 rings (SSSR count). The van der Waals surface area contributed by atoms with Gasteiger partial charge in [-0.2, -0.15) is 0 Å². The number of aromatic nitrogens is 1. The van der Waals surface area contributed by atoms with E-state index in [1.807, 2.05) is 0 Å². The van der Waals surface area contributed by atoms with Gasteiger partial charge >= 0.3 is 24.6 Å². The Labute approximate surface area is 198 Å². The van der Waals surface area contributed by atoms with Gasteiger partial charge in [0.25, 0.3) is 0 Å². The Morgan fingerprint density at radius 2 is 1.31 bits per heavy atom. The highest BCUT2D eigenvalue weighted by Crippen LogP contribution is 2.40. The molecule has 1 unspecified atom stereocenters. The van der Waals surface area contributed by atoms with E-state index in [9.17, 15) is 35.9 Å². The predicted octanol–water partition coefficient (Wildman–Crippen LogP) is 5.41.